The number of hydrogen-bond donors (Lipinski definition) is 1. The minimum atomic E-state index is 0.109. The molecular formula is C12H16N2O. The molecule has 1 aliphatic rings. The molecule has 2 rings (SSSR count). The van der Waals surface area contributed by atoms with Crippen LogP contribution in [-0.2, 0) is 4.79 Å². The Morgan fingerprint density at radius 3 is 2.93 bits per heavy atom. The molecule has 0 bridgehead atoms. The predicted octanol–water partition coefficient (Wildman–Crippen LogP) is 2.10. The van der Waals surface area contributed by atoms with E-state index in [0.29, 0.717) is 5.92 Å². The second kappa shape index (κ2) is 3.93. The number of amides is 1. The molecule has 80 valence electrons. The van der Waals surface area contributed by atoms with Gasteiger partial charge >= 0.3 is 0 Å². The predicted molar refractivity (Wildman–Crippen MR) is 62.1 cm³/mol. The second-order valence-corrected chi connectivity index (χ2v) is 4.13. The van der Waals surface area contributed by atoms with E-state index in [2.05, 4.69) is 12.2 Å². The number of para-hydroxylation sites is 2. The molecule has 0 aliphatic carbocycles. The smallest absolute Gasteiger partial charge is 0.223 e. The quantitative estimate of drug-likeness (QED) is 0.702. The Morgan fingerprint density at radius 1 is 1.47 bits per heavy atom. The van der Waals surface area contributed by atoms with Crippen molar-refractivity contribution in [2.24, 2.45) is 5.92 Å². The first kappa shape index (κ1) is 10.0. The molecule has 1 amide bonds. The van der Waals surface area contributed by atoms with E-state index in [9.17, 15) is 4.79 Å². The summed E-state index contributed by atoms with van der Waals surface area (Å²) in [6.45, 7) is 5.48. The topological polar surface area (TPSA) is 32.3 Å². The monoisotopic (exact) mass is 204 g/mol. The van der Waals surface area contributed by atoms with Crippen LogP contribution in [0, 0.1) is 5.92 Å². The number of anilines is 2. The van der Waals surface area contributed by atoms with Crippen molar-refractivity contribution in [2.45, 2.75) is 13.8 Å². The van der Waals surface area contributed by atoms with Crippen molar-refractivity contribution in [2.75, 3.05) is 23.3 Å². The summed E-state index contributed by atoms with van der Waals surface area (Å²) in [5.41, 5.74) is 2.05. The maximum absolute atomic E-state index is 11.6. The first-order chi connectivity index (χ1) is 7.18. The van der Waals surface area contributed by atoms with Gasteiger partial charge in [0.25, 0.3) is 0 Å². The molecule has 1 aromatic carbocycles. The largest absolute Gasteiger partial charge is 0.383 e. The molecule has 0 spiro atoms. The van der Waals surface area contributed by atoms with Crippen molar-refractivity contribution in [3.05, 3.63) is 24.3 Å². The average molecular weight is 204 g/mol. The summed E-state index contributed by atoms with van der Waals surface area (Å²) in [6, 6.07) is 7.96. The van der Waals surface area contributed by atoms with Crippen LogP contribution in [0.4, 0.5) is 11.4 Å². The van der Waals surface area contributed by atoms with E-state index in [0.717, 1.165) is 24.5 Å². The van der Waals surface area contributed by atoms with E-state index in [1.807, 2.05) is 29.2 Å². The highest BCUT2D eigenvalue weighted by molar-refractivity contribution is 5.95. The number of benzene rings is 1. The van der Waals surface area contributed by atoms with Gasteiger partial charge in [0, 0.05) is 20.0 Å². The Kier molecular flexibility index (Phi) is 2.62. The van der Waals surface area contributed by atoms with Gasteiger partial charge in [0.15, 0.2) is 0 Å². The lowest BCUT2D eigenvalue weighted by Crippen LogP contribution is -2.32. The fourth-order valence-electron chi connectivity index (χ4n) is 1.92. The molecule has 1 aliphatic heterocycles. The maximum atomic E-state index is 11.6. The molecule has 0 unspecified atom stereocenters. The molecule has 3 nitrogen and oxygen atoms in total. The molecule has 1 N–H and O–H groups in total. The summed E-state index contributed by atoms with van der Waals surface area (Å²) in [5, 5.41) is 3.37. The summed E-state index contributed by atoms with van der Waals surface area (Å²) >= 11 is 0. The van der Waals surface area contributed by atoms with Crippen molar-refractivity contribution in [1.82, 2.24) is 0 Å². The number of nitrogens with zero attached hydrogens (tertiary/aromatic N) is 1. The van der Waals surface area contributed by atoms with Gasteiger partial charge in [-0.2, -0.15) is 0 Å². The Bertz CT molecular complexity index is 376. The van der Waals surface area contributed by atoms with E-state index in [-0.39, 0.29) is 5.91 Å². The molecule has 1 atom stereocenters. The van der Waals surface area contributed by atoms with Gasteiger partial charge in [0.05, 0.1) is 11.4 Å². The van der Waals surface area contributed by atoms with Gasteiger partial charge in [-0.15, -0.1) is 0 Å². The van der Waals surface area contributed by atoms with Gasteiger partial charge in [-0.1, -0.05) is 19.1 Å². The highest BCUT2D eigenvalue weighted by Crippen LogP contribution is 2.29. The molecule has 15 heavy (non-hydrogen) atoms. The van der Waals surface area contributed by atoms with Crippen LogP contribution in [0.1, 0.15) is 13.8 Å². The van der Waals surface area contributed by atoms with Crippen LogP contribution in [0.25, 0.3) is 0 Å². The molecule has 0 fully saturated rings. The lowest BCUT2D eigenvalue weighted by molar-refractivity contribution is -0.116. The Balaban J connectivity index is 2.41. The summed E-state index contributed by atoms with van der Waals surface area (Å²) in [5.74, 6) is 0.583. The highest BCUT2D eigenvalue weighted by Gasteiger charge is 2.21. The molecular weight excluding hydrogens is 188 g/mol. The van der Waals surface area contributed by atoms with E-state index in [1.54, 1.807) is 6.92 Å². The van der Waals surface area contributed by atoms with Crippen molar-refractivity contribution in [3.8, 4) is 0 Å². The number of carbonyl (C=O) groups excluding carboxylic acids is 1. The molecule has 0 radical (unpaired) electrons. The Morgan fingerprint density at radius 2 is 2.20 bits per heavy atom. The van der Waals surface area contributed by atoms with Crippen LogP contribution in [0.15, 0.2) is 24.3 Å². The van der Waals surface area contributed by atoms with Crippen LogP contribution in [0.3, 0.4) is 0 Å². The molecule has 1 heterocycles. The number of rotatable bonds is 0. The van der Waals surface area contributed by atoms with E-state index in [4.69, 9.17) is 0 Å². The summed E-state index contributed by atoms with van der Waals surface area (Å²) in [7, 11) is 0. The van der Waals surface area contributed by atoms with Crippen LogP contribution < -0.4 is 10.2 Å². The van der Waals surface area contributed by atoms with Gasteiger partial charge in [0.1, 0.15) is 0 Å². The van der Waals surface area contributed by atoms with Crippen LogP contribution >= 0.6 is 0 Å². The van der Waals surface area contributed by atoms with Gasteiger partial charge in [-0.3, -0.25) is 4.79 Å². The molecule has 0 aromatic heterocycles. The first-order valence-corrected chi connectivity index (χ1v) is 5.29. The van der Waals surface area contributed by atoms with Gasteiger partial charge < -0.3 is 10.2 Å². The fraction of sp³-hybridized carbons (Fsp3) is 0.417. The lowest BCUT2D eigenvalue weighted by atomic mass is 10.2. The third-order valence-corrected chi connectivity index (χ3v) is 2.71. The fourth-order valence-corrected chi connectivity index (χ4v) is 1.92. The van der Waals surface area contributed by atoms with Crippen LogP contribution in [0.5, 0.6) is 0 Å². The van der Waals surface area contributed by atoms with Crippen LogP contribution in [-0.4, -0.2) is 19.0 Å². The third kappa shape index (κ3) is 1.96. The van der Waals surface area contributed by atoms with E-state index in [1.165, 1.54) is 0 Å². The number of nitrogens with one attached hydrogen (secondary N) is 1. The van der Waals surface area contributed by atoms with Gasteiger partial charge in [-0.05, 0) is 18.1 Å². The van der Waals surface area contributed by atoms with Crippen molar-refractivity contribution < 1.29 is 4.79 Å². The maximum Gasteiger partial charge on any atom is 0.223 e. The SMILES string of the molecule is CC(=O)N1C[C@@H](C)CNc2ccccc21. The first-order valence-electron chi connectivity index (χ1n) is 5.29. The number of carbonyl (C=O) groups is 1. The second-order valence-electron chi connectivity index (χ2n) is 4.13. The van der Waals surface area contributed by atoms with Gasteiger partial charge in [0.2, 0.25) is 5.91 Å². The molecule has 0 saturated carbocycles. The third-order valence-electron chi connectivity index (χ3n) is 2.71. The van der Waals surface area contributed by atoms with Crippen LogP contribution in [0.2, 0.25) is 0 Å². The number of hydrogen-bond acceptors (Lipinski definition) is 2. The zero-order valence-corrected chi connectivity index (χ0v) is 9.16. The molecule has 1 aromatic rings. The average Bonchev–Trinajstić information content (AvgIpc) is 2.39. The summed E-state index contributed by atoms with van der Waals surface area (Å²) < 4.78 is 0. The minimum Gasteiger partial charge on any atom is -0.383 e. The van der Waals surface area contributed by atoms with Crippen molar-refractivity contribution in [1.29, 1.82) is 0 Å². The highest BCUT2D eigenvalue weighted by atomic mass is 16.2. The Labute approximate surface area is 90.1 Å². The van der Waals surface area contributed by atoms with Crippen molar-refractivity contribution >= 4 is 17.3 Å². The zero-order valence-electron chi connectivity index (χ0n) is 9.16. The molecule has 0 saturated heterocycles. The normalized spacial score (nSPS) is 20.1. The molecule has 3 heteroatoms. The van der Waals surface area contributed by atoms with Crippen molar-refractivity contribution in [3.63, 3.8) is 0 Å². The van der Waals surface area contributed by atoms with E-state index < -0.39 is 0 Å². The van der Waals surface area contributed by atoms with Gasteiger partial charge in [-0.25, -0.2) is 0 Å². The van der Waals surface area contributed by atoms with E-state index >= 15 is 0 Å². The standard InChI is InChI=1S/C12H16N2O/c1-9-7-13-11-5-3-4-6-12(11)14(8-9)10(2)15/h3-6,9,13H,7-8H2,1-2H3/t9-/m0/s1. The lowest BCUT2D eigenvalue weighted by Gasteiger charge is -2.22. The summed E-state index contributed by atoms with van der Waals surface area (Å²) in [6.07, 6.45) is 0. The zero-order chi connectivity index (χ0) is 10.8. The summed E-state index contributed by atoms with van der Waals surface area (Å²) in [4.78, 5) is 13.4. The minimum absolute atomic E-state index is 0.109. The number of fused-ring (bicyclic) bond motifs is 1. The Hall–Kier alpha value is -1.51.